The Kier molecular flexibility index (Phi) is 3.66. The monoisotopic (exact) mass is 290 g/mol. The van der Waals surface area contributed by atoms with E-state index in [-0.39, 0.29) is 11.6 Å². The molecule has 0 aliphatic rings. The lowest BCUT2D eigenvalue weighted by molar-refractivity contribution is -0.112. The summed E-state index contributed by atoms with van der Waals surface area (Å²) in [5, 5.41) is 0.819. The Morgan fingerprint density at radius 3 is 2.64 bits per heavy atom. The molecule has 108 valence electrons. The summed E-state index contributed by atoms with van der Waals surface area (Å²) in [4.78, 5) is 30.8. The normalized spacial score (nSPS) is 11.1. The third kappa shape index (κ3) is 2.72. The Bertz CT molecular complexity index is 876. The van der Waals surface area contributed by atoms with Gasteiger partial charge in [0.2, 0.25) is 0 Å². The van der Waals surface area contributed by atoms with E-state index >= 15 is 0 Å². The number of pyridine rings is 1. The summed E-state index contributed by atoms with van der Waals surface area (Å²) in [5.74, 6) is -0.100. The fraction of sp³-hybridized carbons (Fsp3) is 0.0556. The molecule has 2 heterocycles. The molecular formula is C18H14N2O2. The highest BCUT2D eigenvalue weighted by Crippen LogP contribution is 2.20. The zero-order valence-electron chi connectivity index (χ0n) is 12.0. The lowest BCUT2D eigenvalue weighted by Crippen LogP contribution is -2.01. The molecule has 0 amide bonds. The summed E-state index contributed by atoms with van der Waals surface area (Å²) in [7, 11) is 0. The molecular weight excluding hydrogens is 276 g/mol. The zero-order valence-corrected chi connectivity index (χ0v) is 12.0. The van der Waals surface area contributed by atoms with Crippen LogP contribution in [-0.4, -0.2) is 21.5 Å². The van der Waals surface area contributed by atoms with Crippen LogP contribution in [0.1, 0.15) is 28.4 Å². The number of ketones is 2. The molecule has 22 heavy (non-hydrogen) atoms. The van der Waals surface area contributed by atoms with Gasteiger partial charge in [-0.15, -0.1) is 0 Å². The van der Waals surface area contributed by atoms with Gasteiger partial charge in [0.1, 0.15) is 5.65 Å². The molecule has 0 saturated carbocycles. The first-order chi connectivity index (χ1) is 10.6. The number of fused-ring (bicyclic) bond motifs is 1. The van der Waals surface area contributed by atoms with Crippen LogP contribution in [0.3, 0.4) is 0 Å². The predicted octanol–water partition coefficient (Wildman–Crippen LogP) is 3.40. The van der Waals surface area contributed by atoms with E-state index in [1.807, 2.05) is 18.2 Å². The number of allylic oxidation sites excluding steroid dienone is 1. The van der Waals surface area contributed by atoms with E-state index in [1.165, 1.54) is 13.0 Å². The second-order valence-corrected chi connectivity index (χ2v) is 5.00. The van der Waals surface area contributed by atoms with Crippen LogP contribution in [-0.2, 0) is 4.79 Å². The third-order valence-electron chi connectivity index (χ3n) is 3.36. The largest absolute Gasteiger partial charge is 0.346 e. The molecule has 0 saturated heterocycles. The average molecular weight is 290 g/mol. The van der Waals surface area contributed by atoms with E-state index in [0.717, 1.165) is 10.9 Å². The fourth-order valence-corrected chi connectivity index (χ4v) is 2.25. The molecule has 0 aliphatic carbocycles. The molecule has 1 N–H and O–H groups in total. The molecule has 0 fully saturated rings. The fourth-order valence-electron chi connectivity index (χ4n) is 2.25. The van der Waals surface area contributed by atoms with Crippen molar-refractivity contribution in [3.8, 4) is 0 Å². The number of benzene rings is 1. The van der Waals surface area contributed by atoms with Gasteiger partial charge in [-0.25, -0.2) is 4.98 Å². The molecule has 1 aromatic carbocycles. The summed E-state index contributed by atoms with van der Waals surface area (Å²) in [6.07, 6.45) is 6.55. The number of aromatic amines is 1. The summed E-state index contributed by atoms with van der Waals surface area (Å²) < 4.78 is 0. The van der Waals surface area contributed by atoms with Crippen molar-refractivity contribution in [2.24, 2.45) is 0 Å². The zero-order chi connectivity index (χ0) is 15.5. The van der Waals surface area contributed by atoms with Crippen LogP contribution in [0.5, 0.6) is 0 Å². The van der Waals surface area contributed by atoms with Gasteiger partial charge in [0.05, 0.1) is 0 Å². The second-order valence-electron chi connectivity index (χ2n) is 5.00. The smallest absolute Gasteiger partial charge is 0.194 e. The molecule has 3 rings (SSSR count). The molecule has 0 radical (unpaired) electrons. The van der Waals surface area contributed by atoms with Crippen LogP contribution in [0.25, 0.3) is 17.1 Å². The predicted molar refractivity (Wildman–Crippen MR) is 85.7 cm³/mol. The Balaban J connectivity index is 2.03. The van der Waals surface area contributed by atoms with Gasteiger partial charge in [-0.1, -0.05) is 30.3 Å². The maximum atomic E-state index is 12.5. The van der Waals surface area contributed by atoms with Gasteiger partial charge in [-0.05, 0) is 25.1 Å². The SMILES string of the molecule is CC(=O)/C=C/c1c[nH]c2ncc(C(=O)c3ccccc3)cc12. The lowest BCUT2D eigenvalue weighted by atomic mass is 10.0. The van der Waals surface area contributed by atoms with Gasteiger partial charge in [0.25, 0.3) is 0 Å². The van der Waals surface area contributed by atoms with Crippen molar-refractivity contribution >= 4 is 28.7 Å². The minimum atomic E-state index is -0.0716. The van der Waals surface area contributed by atoms with E-state index in [1.54, 1.807) is 36.7 Å². The minimum Gasteiger partial charge on any atom is -0.346 e. The molecule has 4 nitrogen and oxygen atoms in total. The number of rotatable bonds is 4. The topological polar surface area (TPSA) is 62.8 Å². The van der Waals surface area contributed by atoms with Crippen molar-refractivity contribution < 1.29 is 9.59 Å². The summed E-state index contributed by atoms with van der Waals surface area (Å²) in [5.41, 5.74) is 2.67. The van der Waals surface area contributed by atoms with E-state index in [0.29, 0.717) is 16.8 Å². The van der Waals surface area contributed by atoms with Crippen LogP contribution in [0.15, 0.2) is 54.9 Å². The van der Waals surface area contributed by atoms with Crippen molar-refractivity contribution in [2.75, 3.05) is 0 Å². The molecule has 4 heteroatoms. The first-order valence-corrected chi connectivity index (χ1v) is 6.90. The van der Waals surface area contributed by atoms with Crippen molar-refractivity contribution in [1.29, 1.82) is 0 Å². The second kappa shape index (κ2) is 5.77. The van der Waals surface area contributed by atoms with Crippen LogP contribution >= 0.6 is 0 Å². The van der Waals surface area contributed by atoms with E-state index in [4.69, 9.17) is 0 Å². The molecule has 0 aliphatic heterocycles. The minimum absolute atomic E-state index is 0.0289. The number of aromatic nitrogens is 2. The Labute approximate surface area is 127 Å². The molecule has 3 aromatic rings. The number of carbonyl (C=O) groups excluding carboxylic acids is 2. The first kappa shape index (κ1) is 13.9. The molecule has 0 unspecified atom stereocenters. The summed E-state index contributed by atoms with van der Waals surface area (Å²) >= 11 is 0. The van der Waals surface area contributed by atoms with Gasteiger partial charge in [0.15, 0.2) is 11.6 Å². The van der Waals surface area contributed by atoms with Crippen molar-refractivity contribution in [3.63, 3.8) is 0 Å². The van der Waals surface area contributed by atoms with Gasteiger partial charge in [-0.3, -0.25) is 9.59 Å². The van der Waals surface area contributed by atoms with E-state index in [9.17, 15) is 9.59 Å². The van der Waals surface area contributed by atoms with Gasteiger partial charge in [0, 0.05) is 34.5 Å². The van der Waals surface area contributed by atoms with Crippen LogP contribution in [0.4, 0.5) is 0 Å². The Hall–Kier alpha value is -3.01. The Morgan fingerprint density at radius 2 is 1.91 bits per heavy atom. The van der Waals surface area contributed by atoms with E-state index in [2.05, 4.69) is 9.97 Å². The molecule has 0 atom stereocenters. The van der Waals surface area contributed by atoms with Crippen LogP contribution in [0.2, 0.25) is 0 Å². The van der Waals surface area contributed by atoms with Gasteiger partial charge >= 0.3 is 0 Å². The standard InChI is InChI=1S/C18H14N2O2/c1-12(21)7-8-14-10-19-18-16(14)9-15(11-20-18)17(22)13-5-3-2-4-6-13/h2-11H,1H3,(H,19,20)/b8-7+. The highest BCUT2D eigenvalue weighted by Gasteiger charge is 2.11. The highest BCUT2D eigenvalue weighted by atomic mass is 16.1. The van der Waals surface area contributed by atoms with E-state index < -0.39 is 0 Å². The number of carbonyl (C=O) groups is 2. The van der Waals surface area contributed by atoms with Crippen molar-refractivity contribution in [2.45, 2.75) is 6.92 Å². The highest BCUT2D eigenvalue weighted by molar-refractivity contribution is 6.10. The maximum absolute atomic E-state index is 12.5. The molecule has 0 spiro atoms. The third-order valence-corrected chi connectivity index (χ3v) is 3.36. The van der Waals surface area contributed by atoms with Gasteiger partial charge in [-0.2, -0.15) is 0 Å². The number of nitrogens with one attached hydrogen (secondary N) is 1. The van der Waals surface area contributed by atoms with Crippen LogP contribution in [0, 0.1) is 0 Å². The molecule has 0 bridgehead atoms. The first-order valence-electron chi connectivity index (χ1n) is 6.90. The van der Waals surface area contributed by atoms with Gasteiger partial charge < -0.3 is 4.98 Å². The Morgan fingerprint density at radius 1 is 1.14 bits per heavy atom. The lowest BCUT2D eigenvalue weighted by Gasteiger charge is -2.01. The number of hydrogen-bond acceptors (Lipinski definition) is 3. The van der Waals surface area contributed by atoms with Crippen molar-refractivity contribution in [1.82, 2.24) is 9.97 Å². The number of hydrogen-bond donors (Lipinski definition) is 1. The van der Waals surface area contributed by atoms with Crippen molar-refractivity contribution in [3.05, 3.63) is 71.6 Å². The number of H-pyrrole nitrogens is 1. The number of nitrogens with zero attached hydrogens (tertiary/aromatic N) is 1. The maximum Gasteiger partial charge on any atom is 0.194 e. The quantitative estimate of drug-likeness (QED) is 0.591. The molecule has 2 aromatic heterocycles. The van der Waals surface area contributed by atoms with Crippen LogP contribution < -0.4 is 0 Å². The average Bonchev–Trinajstić information content (AvgIpc) is 2.95. The summed E-state index contributed by atoms with van der Waals surface area (Å²) in [6.45, 7) is 1.49. The summed E-state index contributed by atoms with van der Waals surface area (Å²) in [6, 6.07) is 10.9.